The van der Waals surface area contributed by atoms with Crippen LogP contribution in [-0.2, 0) is 6.42 Å². The van der Waals surface area contributed by atoms with Crippen molar-refractivity contribution >= 4 is 11.6 Å². The summed E-state index contributed by atoms with van der Waals surface area (Å²) in [5.41, 5.74) is 6.32. The van der Waals surface area contributed by atoms with E-state index in [1.165, 1.54) is 0 Å². The molecule has 3 N–H and O–H groups in total. The van der Waals surface area contributed by atoms with E-state index in [1.807, 2.05) is 6.92 Å². The Hall–Kier alpha value is -0.640. The van der Waals surface area contributed by atoms with E-state index in [0.29, 0.717) is 0 Å². The topological polar surface area (TPSA) is 46.2 Å². The van der Waals surface area contributed by atoms with E-state index in [2.05, 4.69) is 0 Å². The van der Waals surface area contributed by atoms with Gasteiger partial charge in [-0.2, -0.15) is 0 Å². The lowest BCUT2D eigenvalue weighted by atomic mass is 10.0. The second-order valence-corrected chi connectivity index (χ2v) is 3.49. The maximum Gasteiger partial charge on any atom is 0.147 e. The third kappa shape index (κ3) is 2.23. The zero-order chi connectivity index (χ0) is 10.7. The average Bonchev–Trinajstić information content (AvgIpc) is 2.20. The van der Waals surface area contributed by atoms with Crippen LogP contribution in [0.1, 0.15) is 24.2 Å². The lowest BCUT2D eigenvalue weighted by Crippen LogP contribution is -2.13. The second kappa shape index (κ2) is 4.73. The van der Waals surface area contributed by atoms with Gasteiger partial charge in [0.25, 0.3) is 0 Å². The Morgan fingerprint density at radius 3 is 2.71 bits per heavy atom. The van der Waals surface area contributed by atoms with E-state index >= 15 is 0 Å². The Morgan fingerprint density at radius 2 is 2.21 bits per heavy atom. The number of benzene rings is 1. The number of hydrogen-bond acceptors (Lipinski definition) is 2. The molecule has 0 aliphatic heterocycles. The first-order valence-corrected chi connectivity index (χ1v) is 4.83. The Morgan fingerprint density at radius 1 is 1.57 bits per heavy atom. The maximum atomic E-state index is 13.4. The Kier molecular flexibility index (Phi) is 3.86. The van der Waals surface area contributed by atoms with Crippen molar-refractivity contribution in [2.45, 2.75) is 19.4 Å². The predicted octanol–water partition coefficient (Wildman–Crippen LogP) is 2.03. The summed E-state index contributed by atoms with van der Waals surface area (Å²) in [5, 5.41) is 9.46. The molecule has 0 saturated heterocycles. The lowest BCUT2D eigenvalue weighted by molar-refractivity contribution is 0.181. The number of halogens is 2. The van der Waals surface area contributed by atoms with Gasteiger partial charge < -0.3 is 10.8 Å². The molecule has 1 aromatic rings. The van der Waals surface area contributed by atoms with E-state index in [-0.39, 0.29) is 17.1 Å². The van der Waals surface area contributed by atoms with E-state index in [4.69, 9.17) is 17.3 Å². The first-order valence-electron chi connectivity index (χ1n) is 4.46. The van der Waals surface area contributed by atoms with Crippen molar-refractivity contribution in [3.8, 4) is 0 Å². The van der Waals surface area contributed by atoms with Crippen LogP contribution < -0.4 is 5.73 Å². The number of aryl methyl sites for hydroxylation is 1. The van der Waals surface area contributed by atoms with Gasteiger partial charge in [-0.3, -0.25) is 0 Å². The third-order valence-electron chi connectivity index (χ3n) is 2.11. The summed E-state index contributed by atoms with van der Waals surface area (Å²) in [5.74, 6) is -0.582. The highest BCUT2D eigenvalue weighted by molar-refractivity contribution is 6.30. The maximum absolute atomic E-state index is 13.4. The molecule has 4 heteroatoms. The van der Waals surface area contributed by atoms with Gasteiger partial charge in [-0.25, -0.2) is 4.39 Å². The average molecular weight is 218 g/mol. The molecule has 0 aliphatic rings. The van der Waals surface area contributed by atoms with Crippen molar-refractivity contribution in [3.63, 3.8) is 0 Å². The normalized spacial score (nSPS) is 12.9. The van der Waals surface area contributed by atoms with Crippen LogP contribution in [0.4, 0.5) is 4.39 Å². The second-order valence-electron chi connectivity index (χ2n) is 3.09. The van der Waals surface area contributed by atoms with Crippen molar-refractivity contribution in [2.24, 2.45) is 5.73 Å². The van der Waals surface area contributed by atoms with E-state index in [0.717, 1.165) is 12.0 Å². The van der Waals surface area contributed by atoms with Crippen LogP contribution in [0.2, 0.25) is 5.02 Å². The van der Waals surface area contributed by atoms with Gasteiger partial charge >= 0.3 is 0 Å². The summed E-state index contributed by atoms with van der Waals surface area (Å²) in [6.45, 7) is 1.92. The fraction of sp³-hybridized carbons (Fsp3) is 0.400. The summed E-state index contributed by atoms with van der Waals surface area (Å²) in [6, 6.07) is 3.16. The van der Waals surface area contributed by atoms with Gasteiger partial charge in [-0.15, -0.1) is 0 Å². The Labute approximate surface area is 87.5 Å². The zero-order valence-electron chi connectivity index (χ0n) is 7.93. The van der Waals surface area contributed by atoms with E-state index < -0.39 is 11.9 Å². The molecule has 0 aliphatic carbocycles. The van der Waals surface area contributed by atoms with Gasteiger partial charge in [-0.1, -0.05) is 24.6 Å². The molecule has 1 atom stereocenters. The van der Waals surface area contributed by atoms with Crippen molar-refractivity contribution in [3.05, 3.63) is 34.1 Å². The monoisotopic (exact) mass is 217 g/mol. The van der Waals surface area contributed by atoms with Crippen LogP contribution in [0.15, 0.2) is 12.1 Å². The minimum absolute atomic E-state index is 0.0135. The van der Waals surface area contributed by atoms with Crippen molar-refractivity contribution in [1.82, 2.24) is 0 Å². The Balaban J connectivity index is 3.20. The van der Waals surface area contributed by atoms with Crippen LogP contribution in [0.5, 0.6) is 0 Å². The first-order chi connectivity index (χ1) is 6.60. The highest BCUT2D eigenvalue weighted by Gasteiger charge is 2.14. The highest BCUT2D eigenvalue weighted by atomic mass is 35.5. The van der Waals surface area contributed by atoms with E-state index in [9.17, 15) is 9.50 Å². The number of aliphatic hydroxyl groups excluding tert-OH is 1. The molecule has 1 rings (SSSR count). The molecule has 14 heavy (non-hydrogen) atoms. The SMILES string of the molecule is CCc1cc(Cl)c(F)c(C(O)CN)c1. The molecule has 0 spiro atoms. The molecule has 0 saturated carbocycles. The number of aliphatic hydroxyl groups is 1. The van der Waals surface area contributed by atoms with Crippen LogP contribution in [0.25, 0.3) is 0 Å². The zero-order valence-corrected chi connectivity index (χ0v) is 8.68. The van der Waals surface area contributed by atoms with Crippen LogP contribution in [0, 0.1) is 5.82 Å². The van der Waals surface area contributed by atoms with Gasteiger partial charge in [0.1, 0.15) is 5.82 Å². The molecule has 0 heterocycles. The van der Waals surface area contributed by atoms with Gasteiger partial charge in [0.2, 0.25) is 0 Å². The molecular weight excluding hydrogens is 205 g/mol. The van der Waals surface area contributed by atoms with Gasteiger partial charge in [0, 0.05) is 12.1 Å². The van der Waals surface area contributed by atoms with Gasteiger partial charge in [-0.05, 0) is 18.1 Å². The number of rotatable bonds is 3. The summed E-state index contributed by atoms with van der Waals surface area (Å²) >= 11 is 5.67. The van der Waals surface area contributed by atoms with Crippen LogP contribution >= 0.6 is 11.6 Å². The molecule has 0 radical (unpaired) electrons. The van der Waals surface area contributed by atoms with Crippen LogP contribution in [-0.4, -0.2) is 11.7 Å². The fourth-order valence-corrected chi connectivity index (χ4v) is 1.49. The molecular formula is C10H13ClFNO. The standard InChI is InChI=1S/C10H13ClFNO/c1-2-6-3-7(9(14)5-13)10(12)8(11)4-6/h3-4,9,14H,2,5,13H2,1H3. The quantitative estimate of drug-likeness (QED) is 0.814. The number of nitrogens with two attached hydrogens (primary N) is 1. The number of hydrogen-bond donors (Lipinski definition) is 2. The minimum Gasteiger partial charge on any atom is -0.387 e. The van der Waals surface area contributed by atoms with Crippen molar-refractivity contribution in [1.29, 1.82) is 0 Å². The molecule has 2 nitrogen and oxygen atoms in total. The van der Waals surface area contributed by atoms with Gasteiger partial charge in [0.15, 0.2) is 0 Å². The lowest BCUT2D eigenvalue weighted by Gasteiger charge is -2.12. The highest BCUT2D eigenvalue weighted by Crippen LogP contribution is 2.25. The smallest absolute Gasteiger partial charge is 0.147 e. The molecule has 78 valence electrons. The summed E-state index contributed by atoms with van der Waals surface area (Å²) in [7, 11) is 0. The van der Waals surface area contributed by atoms with Gasteiger partial charge in [0.05, 0.1) is 11.1 Å². The third-order valence-corrected chi connectivity index (χ3v) is 2.38. The first kappa shape index (κ1) is 11.4. The molecule has 0 fully saturated rings. The summed E-state index contributed by atoms with van der Waals surface area (Å²) < 4.78 is 13.4. The molecule has 0 bridgehead atoms. The largest absolute Gasteiger partial charge is 0.387 e. The van der Waals surface area contributed by atoms with E-state index in [1.54, 1.807) is 12.1 Å². The minimum atomic E-state index is -0.987. The molecule has 1 aromatic carbocycles. The predicted molar refractivity (Wildman–Crippen MR) is 54.8 cm³/mol. The molecule has 1 unspecified atom stereocenters. The fourth-order valence-electron chi connectivity index (χ4n) is 1.24. The summed E-state index contributed by atoms with van der Waals surface area (Å²) in [6.07, 6.45) is -0.247. The van der Waals surface area contributed by atoms with Crippen LogP contribution in [0.3, 0.4) is 0 Å². The Bertz CT molecular complexity index is 330. The summed E-state index contributed by atoms with van der Waals surface area (Å²) in [4.78, 5) is 0. The van der Waals surface area contributed by atoms with Crippen molar-refractivity contribution < 1.29 is 9.50 Å². The van der Waals surface area contributed by atoms with Crippen molar-refractivity contribution in [2.75, 3.05) is 6.54 Å². The molecule has 0 aromatic heterocycles. The molecule has 0 amide bonds.